The van der Waals surface area contributed by atoms with Crippen LogP contribution < -0.4 is 5.73 Å². The van der Waals surface area contributed by atoms with Crippen molar-refractivity contribution in [3.8, 4) is 0 Å². The van der Waals surface area contributed by atoms with E-state index in [1.165, 1.54) is 5.41 Å². The normalized spacial score (nSPS) is 19.5. The third-order valence-electron chi connectivity index (χ3n) is 2.59. The topological polar surface area (TPSA) is 60.2 Å². The number of rotatable bonds is 1. The van der Waals surface area contributed by atoms with Crippen LogP contribution in [0.1, 0.15) is 31.0 Å². The molecule has 0 aliphatic carbocycles. The minimum atomic E-state index is -3.20. The molecular formula is C11H13NO2S. The summed E-state index contributed by atoms with van der Waals surface area (Å²) in [5.74, 6) is 0. The van der Waals surface area contributed by atoms with Gasteiger partial charge in [-0.2, -0.15) is 0 Å². The number of allylic oxidation sites excluding steroid dienone is 1. The van der Waals surface area contributed by atoms with Gasteiger partial charge < -0.3 is 5.73 Å². The van der Waals surface area contributed by atoms with Crippen LogP contribution in [0.2, 0.25) is 0 Å². The molecule has 1 aromatic rings. The molecule has 3 nitrogen and oxygen atoms in total. The Hall–Kier alpha value is -1.13. The Kier molecular flexibility index (Phi) is 2.20. The number of benzene rings is 1. The van der Waals surface area contributed by atoms with Gasteiger partial charge >= 0.3 is 0 Å². The van der Waals surface area contributed by atoms with Crippen molar-refractivity contribution in [1.29, 1.82) is 0 Å². The van der Waals surface area contributed by atoms with Crippen LogP contribution in [0.15, 0.2) is 28.5 Å². The molecule has 0 bridgehead atoms. The lowest BCUT2D eigenvalue weighted by molar-refractivity contribution is 0.605. The molecule has 0 fully saturated rings. The maximum Gasteiger partial charge on any atom is 0.200 e. The van der Waals surface area contributed by atoms with Gasteiger partial charge in [-0.3, -0.25) is 0 Å². The molecule has 15 heavy (non-hydrogen) atoms. The monoisotopic (exact) mass is 223 g/mol. The zero-order valence-electron chi connectivity index (χ0n) is 8.69. The molecular weight excluding hydrogens is 210 g/mol. The van der Waals surface area contributed by atoms with E-state index in [-0.39, 0.29) is 6.04 Å². The van der Waals surface area contributed by atoms with Crippen molar-refractivity contribution in [2.45, 2.75) is 24.8 Å². The van der Waals surface area contributed by atoms with Crippen molar-refractivity contribution in [3.63, 3.8) is 0 Å². The van der Waals surface area contributed by atoms with Crippen molar-refractivity contribution < 1.29 is 8.42 Å². The van der Waals surface area contributed by atoms with E-state index >= 15 is 0 Å². The summed E-state index contributed by atoms with van der Waals surface area (Å²) in [5.41, 5.74) is 8.28. The van der Waals surface area contributed by atoms with Gasteiger partial charge in [-0.1, -0.05) is 6.07 Å². The summed E-state index contributed by atoms with van der Waals surface area (Å²) in [4.78, 5) is 0.393. The highest BCUT2D eigenvalue weighted by molar-refractivity contribution is 7.95. The van der Waals surface area contributed by atoms with E-state index in [1.54, 1.807) is 19.1 Å². The molecule has 0 spiro atoms. The highest BCUT2D eigenvalue weighted by atomic mass is 32.2. The Morgan fingerprint density at radius 2 is 2.00 bits per heavy atom. The van der Waals surface area contributed by atoms with Gasteiger partial charge in [0.2, 0.25) is 9.84 Å². The summed E-state index contributed by atoms with van der Waals surface area (Å²) in [6.07, 6.45) is 0. The average molecular weight is 223 g/mol. The third kappa shape index (κ3) is 1.60. The molecule has 0 radical (unpaired) electrons. The lowest BCUT2D eigenvalue weighted by atomic mass is 10.0. The molecule has 1 aromatic carbocycles. The predicted octanol–water partition coefficient (Wildman–Crippen LogP) is 1.85. The maximum absolute atomic E-state index is 11.6. The van der Waals surface area contributed by atoms with Gasteiger partial charge in [-0.05, 0) is 42.7 Å². The van der Waals surface area contributed by atoms with Gasteiger partial charge in [-0.25, -0.2) is 8.42 Å². The first-order valence-corrected chi connectivity index (χ1v) is 6.30. The summed E-state index contributed by atoms with van der Waals surface area (Å²) in [5, 5.41) is 1.31. The molecule has 1 unspecified atom stereocenters. The lowest BCUT2D eigenvalue weighted by Gasteiger charge is -2.08. The van der Waals surface area contributed by atoms with E-state index < -0.39 is 9.84 Å². The van der Waals surface area contributed by atoms with Crippen LogP contribution >= 0.6 is 0 Å². The number of fused-ring (bicyclic) bond motifs is 1. The quantitative estimate of drug-likeness (QED) is 0.790. The van der Waals surface area contributed by atoms with E-state index in [2.05, 4.69) is 0 Å². The largest absolute Gasteiger partial charge is 0.324 e. The van der Waals surface area contributed by atoms with Crippen LogP contribution in [0.5, 0.6) is 0 Å². The van der Waals surface area contributed by atoms with Crippen LogP contribution in [-0.2, 0) is 9.84 Å². The van der Waals surface area contributed by atoms with Gasteiger partial charge in [0.1, 0.15) is 0 Å². The number of sulfone groups is 1. The summed E-state index contributed by atoms with van der Waals surface area (Å²) in [6.45, 7) is 3.68. The molecule has 2 N–H and O–H groups in total. The first kappa shape index (κ1) is 10.4. The minimum absolute atomic E-state index is 0.0774. The second kappa shape index (κ2) is 3.18. The lowest BCUT2D eigenvalue weighted by Crippen LogP contribution is -2.05. The van der Waals surface area contributed by atoms with E-state index in [4.69, 9.17) is 5.73 Å². The Morgan fingerprint density at radius 1 is 1.33 bits per heavy atom. The number of nitrogens with two attached hydrogens (primary N) is 1. The smallest absolute Gasteiger partial charge is 0.200 e. The predicted molar refractivity (Wildman–Crippen MR) is 59.9 cm³/mol. The van der Waals surface area contributed by atoms with Gasteiger partial charge in [0.15, 0.2) is 0 Å². The Labute approximate surface area is 89.5 Å². The molecule has 0 aromatic heterocycles. The minimum Gasteiger partial charge on any atom is -0.324 e. The molecule has 1 atom stereocenters. The van der Waals surface area contributed by atoms with E-state index in [1.807, 2.05) is 13.0 Å². The second-order valence-corrected chi connectivity index (χ2v) is 5.66. The fourth-order valence-corrected chi connectivity index (χ4v) is 3.25. The standard InChI is InChI=1S/C11H13NO2S/c1-7-6-15(13,14)11-4-3-9(8(2)12)5-10(7)11/h3-6,8H,12H2,1-2H3. The molecule has 2 rings (SSSR count). The molecule has 0 saturated carbocycles. The highest BCUT2D eigenvalue weighted by Crippen LogP contribution is 2.34. The summed E-state index contributed by atoms with van der Waals surface area (Å²) in [7, 11) is -3.20. The van der Waals surface area contributed by atoms with Gasteiger partial charge in [-0.15, -0.1) is 0 Å². The van der Waals surface area contributed by atoms with E-state index in [0.29, 0.717) is 4.90 Å². The van der Waals surface area contributed by atoms with Gasteiger partial charge in [0.05, 0.1) is 4.90 Å². The zero-order valence-corrected chi connectivity index (χ0v) is 9.51. The molecule has 0 saturated heterocycles. The summed E-state index contributed by atoms with van der Waals surface area (Å²) in [6, 6.07) is 5.19. The molecule has 80 valence electrons. The van der Waals surface area contributed by atoms with Crippen LogP contribution in [0, 0.1) is 0 Å². The van der Waals surface area contributed by atoms with Gasteiger partial charge in [0.25, 0.3) is 0 Å². The molecule has 4 heteroatoms. The summed E-state index contributed by atoms with van der Waals surface area (Å²) >= 11 is 0. The first-order chi connectivity index (χ1) is 6.92. The van der Waals surface area contributed by atoms with Crippen LogP contribution in [0.3, 0.4) is 0 Å². The Bertz CT molecular complexity index is 542. The zero-order chi connectivity index (χ0) is 11.2. The maximum atomic E-state index is 11.6. The summed E-state index contributed by atoms with van der Waals surface area (Å²) < 4.78 is 23.3. The van der Waals surface area contributed by atoms with Crippen molar-refractivity contribution in [2.24, 2.45) is 5.73 Å². The highest BCUT2D eigenvalue weighted by Gasteiger charge is 2.24. The van der Waals surface area contributed by atoms with Crippen molar-refractivity contribution in [3.05, 3.63) is 34.7 Å². The van der Waals surface area contributed by atoms with Crippen molar-refractivity contribution in [1.82, 2.24) is 0 Å². The average Bonchev–Trinajstić information content (AvgIpc) is 2.37. The van der Waals surface area contributed by atoms with Crippen molar-refractivity contribution in [2.75, 3.05) is 0 Å². The van der Waals surface area contributed by atoms with Gasteiger partial charge in [0, 0.05) is 11.4 Å². The number of hydrogen-bond donors (Lipinski definition) is 1. The van der Waals surface area contributed by atoms with Crippen molar-refractivity contribution >= 4 is 15.4 Å². The Balaban J connectivity index is 2.67. The van der Waals surface area contributed by atoms with E-state index in [0.717, 1.165) is 16.7 Å². The number of hydrogen-bond acceptors (Lipinski definition) is 3. The molecule has 1 aliphatic rings. The van der Waals surface area contributed by atoms with Crippen LogP contribution in [-0.4, -0.2) is 8.42 Å². The van der Waals surface area contributed by atoms with E-state index in [9.17, 15) is 8.42 Å². The Morgan fingerprint density at radius 3 is 2.60 bits per heavy atom. The van der Waals surface area contributed by atoms with Crippen LogP contribution in [0.25, 0.3) is 5.57 Å². The molecule has 0 amide bonds. The molecule has 1 heterocycles. The van der Waals surface area contributed by atoms with Crippen LogP contribution in [0.4, 0.5) is 0 Å². The third-order valence-corrected chi connectivity index (χ3v) is 4.23. The fourth-order valence-electron chi connectivity index (χ4n) is 1.75. The SMILES string of the molecule is CC1=CS(=O)(=O)c2ccc(C(C)N)cc21. The molecule has 1 aliphatic heterocycles. The fraction of sp³-hybridized carbons (Fsp3) is 0.273. The first-order valence-electron chi connectivity index (χ1n) is 4.75. The second-order valence-electron chi connectivity index (χ2n) is 3.89.